The third-order valence-corrected chi connectivity index (χ3v) is 4.47. The van der Waals surface area contributed by atoms with Crippen molar-refractivity contribution in [3.63, 3.8) is 0 Å². The van der Waals surface area contributed by atoms with Gasteiger partial charge in [-0.1, -0.05) is 0 Å². The summed E-state index contributed by atoms with van der Waals surface area (Å²) in [6.45, 7) is 7.28. The number of carbonyl (C=O) groups excluding carboxylic acids is 1. The zero-order chi connectivity index (χ0) is 18.4. The number of amides is 1. The number of rotatable bonds is 2. The van der Waals surface area contributed by atoms with Gasteiger partial charge in [0, 0.05) is 37.3 Å². The molecule has 2 aromatic rings. The first-order valence-corrected chi connectivity index (χ1v) is 8.31. The number of piperazine rings is 1. The summed E-state index contributed by atoms with van der Waals surface area (Å²) in [5.41, 5.74) is 0.935. The van der Waals surface area contributed by atoms with E-state index in [-0.39, 0.29) is 17.5 Å². The fourth-order valence-electron chi connectivity index (χ4n) is 3.26. The summed E-state index contributed by atoms with van der Waals surface area (Å²) < 4.78 is 41.0. The van der Waals surface area contributed by atoms with Crippen LogP contribution in [0, 0.1) is 0 Å². The van der Waals surface area contributed by atoms with Gasteiger partial charge in [0.1, 0.15) is 0 Å². The third-order valence-electron chi connectivity index (χ3n) is 4.47. The number of fused-ring (bicyclic) bond motifs is 1. The Labute approximate surface area is 143 Å². The zero-order valence-corrected chi connectivity index (χ0v) is 14.4. The van der Waals surface area contributed by atoms with Crippen LogP contribution >= 0.6 is 0 Å². The van der Waals surface area contributed by atoms with Gasteiger partial charge in [0.25, 0.3) is 5.91 Å². The Morgan fingerprint density at radius 2 is 2.08 bits per heavy atom. The molecule has 2 heterocycles. The lowest BCUT2D eigenvalue weighted by molar-refractivity contribution is -0.147. The molecule has 0 spiro atoms. The molecule has 3 rings (SSSR count). The van der Waals surface area contributed by atoms with E-state index in [1.54, 1.807) is 30.9 Å². The molecule has 25 heavy (non-hydrogen) atoms. The molecule has 8 heteroatoms. The summed E-state index contributed by atoms with van der Waals surface area (Å²) in [5.74, 6) is -1.11. The number of hydrogen-bond donors (Lipinski definition) is 1. The van der Waals surface area contributed by atoms with E-state index in [1.165, 1.54) is 6.07 Å². The molecule has 1 aromatic carbocycles. The van der Waals surface area contributed by atoms with E-state index < -0.39 is 18.0 Å². The van der Waals surface area contributed by atoms with Crippen molar-refractivity contribution in [3.8, 4) is 0 Å². The molecular formula is C17H21F3N4O. The number of benzene rings is 1. The summed E-state index contributed by atoms with van der Waals surface area (Å²) in [7, 11) is 0. The van der Waals surface area contributed by atoms with Gasteiger partial charge < -0.3 is 14.8 Å². The van der Waals surface area contributed by atoms with Crippen LogP contribution in [0.25, 0.3) is 11.0 Å². The van der Waals surface area contributed by atoms with Gasteiger partial charge in [0.05, 0.1) is 11.0 Å². The van der Waals surface area contributed by atoms with E-state index in [0.29, 0.717) is 30.7 Å². The zero-order valence-electron chi connectivity index (χ0n) is 14.4. The van der Waals surface area contributed by atoms with Gasteiger partial charge in [-0.15, -0.1) is 0 Å². The largest absolute Gasteiger partial charge is 0.449 e. The Hall–Kier alpha value is -2.09. The predicted molar refractivity (Wildman–Crippen MR) is 88.5 cm³/mol. The van der Waals surface area contributed by atoms with Crippen molar-refractivity contribution in [1.82, 2.24) is 19.8 Å². The van der Waals surface area contributed by atoms with Crippen LogP contribution in [0.1, 0.15) is 43.0 Å². The SMILES string of the molecule is CC1CNCCN1C(=O)c1ccc2c(c1)nc(C(F)(F)F)n2C(C)C. The van der Waals surface area contributed by atoms with E-state index in [2.05, 4.69) is 10.3 Å². The molecule has 1 aliphatic heterocycles. The monoisotopic (exact) mass is 354 g/mol. The topological polar surface area (TPSA) is 50.2 Å². The third kappa shape index (κ3) is 3.22. The molecule has 1 N–H and O–H groups in total. The predicted octanol–water partition coefficient (Wildman–Crippen LogP) is 3.07. The lowest BCUT2D eigenvalue weighted by Gasteiger charge is -2.34. The molecule has 0 saturated carbocycles. The molecule has 5 nitrogen and oxygen atoms in total. The summed E-state index contributed by atoms with van der Waals surface area (Å²) in [6.07, 6.45) is -4.54. The number of hydrogen-bond acceptors (Lipinski definition) is 3. The highest BCUT2D eigenvalue weighted by Gasteiger charge is 2.38. The highest BCUT2D eigenvalue weighted by molar-refractivity contribution is 5.97. The fourth-order valence-corrected chi connectivity index (χ4v) is 3.26. The van der Waals surface area contributed by atoms with Crippen molar-refractivity contribution in [1.29, 1.82) is 0 Å². The molecule has 0 aliphatic carbocycles. The Balaban J connectivity index is 2.04. The number of imidazole rings is 1. The molecule has 1 saturated heterocycles. The first-order valence-electron chi connectivity index (χ1n) is 8.31. The van der Waals surface area contributed by atoms with Crippen molar-refractivity contribution < 1.29 is 18.0 Å². The van der Waals surface area contributed by atoms with Gasteiger partial charge in [-0.25, -0.2) is 4.98 Å². The highest BCUT2D eigenvalue weighted by Crippen LogP contribution is 2.34. The average Bonchev–Trinajstić information content (AvgIpc) is 2.93. The first kappa shape index (κ1) is 17.7. The molecule has 1 amide bonds. The Morgan fingerprint density at radius 3 is 2.68 bits per heavy atom. The van der Waals surface area contributed by atoms with E-state index in [4.69, 9.17) is 0 Å². The average molecular weight is 354 g/mol. The number of carbonyl (C=O) groups is 1. The van der Waals surface area contributed by atoms with Gasteiger partial charge in [0.15, 0.2) is 0 Å². The minimum atomic E-state index is -4.54. The fraction of sp³-hybridized carbons (Fsp3) is 0.529. The molecule has 136 valence electrons. The summed E-state index contributed by atoms with van der Waals surface area (Å²) in [6, 6.07) is 4.24. The molecule has 0 radical (unpaired) electrons. The number of alkyl halides is 3. The summed E-state index contributed by atoms with van der Waals surface area (Å²) in [5, 5.41) is 3.21. The van der Waals surface area contributed by atoms with Gasteiger partial charge in [-0.05, 0) is 39.0 Å². The van der Waals surface area contributed by atoms with Crippen LogP contribution in [0.15, 0.2) is 18.2 Å². The number of nitrogens with zero attached hydrogens (tertiary/aromatic N) is 3. The van der Waals surface area contributed by atoms with E-state index in [0.717, 1.165) is 4.57 Å². The van der Waals surface area contributed by atoms with Crippen LogP contribution in [-0.4, -0.2) is 46.0 Å². The maximum atomic E-state index is 13.3. The molecule has 1 unspecified atom stereocenters. The van der Waals surface area contributed by atoms with Crippen LogP contribution in [0.5, 0.6) is 0 Å². The number of aromatic nitrogens is 2. The van der Waals surface area contributed by atoms with Crippen LogP contribution < -0.4 is 5.32 Å². The molecule has 1 atom stereocenters. The van der Waals surface area contributed by atoms with Gasteiger partial charge >= 0.3 is 6.18 Å². The minimum Gasteiger partial charge on any atom is -0.333 e. The Morgan fingerprint density at radius 1 is 1.36 bits per heavy atom. The van der Waals surface area contributed by atoms with Crippen LogP contribution in [0.2, 0.25) is 0 Å². The normalized spacial score (nSPS) is 19.0. The molecule has 0 bridgehead atoms. The van der Waals surface area contributed by atoms with Crippen molar-refractivity contribution in [2.24, 2.45) is 0 Å². The van der Waals surface area contributed by atoms with Crippen LogP contribution in [-0.2, 0) is 6.18 Å². The molecule has 1 fully saturated rings. The summed E-state index contributed by atoms with van der Waals surface area (Å²) >= 11 is 0. The first-order chi connectivity index (χ1) is 11.7. The lowest BCUT2D eigenvalue weighted by atomic mass is 10.1. The number of nitrogens with one attached hydrogen (secondary N) is 1. The standard InChI is InChI=1S/C17H21F3N4O/c1-10(2)24-14-5-4-12(8-13(14)22-16(24)17(18,19)20)15(25)23-7-6-21-9-11(23)3/h4-5,8,10-11,21H,6-7,9H2,1-3H3. The van der Waals surface area contributed by atoms with Crippen molar-refractivity contribution in [3.05, 3.63) is 29.6 Å². The van der Waals surface area contributed by atoms with Crippen molar-refractivity contribution >= 4 is 16.9 Å². The molecule has 1 aliphatic rings. The second kappa shape index (κ2) is 6.33. The molecule has 1 aromatic heterocycles. The lowest BCUT2D eigenvalue weighted by Crippen LogP contribution is -2.52. The molecular weight excluding hydrogens is 333 g/mol. The maximum absolute atomic E-state index is 13.3. The Bertz CT molecular complexity index is 797. The quantitative estimate of drug-likeness (QED) is 0.902. The second-order valence-electron chi connectivity index (χ2n) is 6.65. The smallest absolute Gasteiger partial charge is 0.333 e. The summed E-state index contributed by atoms with van der Waals surface area (Å²) in [4.78, 5) is 18.2. The van der Waals surface area contributed by atoms with Gasteiger partial charge in [-0.3, -0.25) is 4.79 Å². The van der Waals surface area contributed by atoms with E-state index in [9.17, 15) is 18.0 Å². The highest BCUT2D eigenvalue weighted by atomic mass is 19.4. The number of halogens is 3. The van der Waals surface area contributed by atoms with Gasteiger partial charge in [0.2, 0.25) is 5.82 Å². The van der Waals surface area contributed by atoms with E-state index in [1.807, 2.05) is 6.92 Å². The van der Waals surface area contributed by atoms with Crippen LogP contribution in [0.4, 0.5) is 13.2 Å². The van der Waals surface area contributed by atoms with Crippen molar-refractivity contribution in [2.45, 2.75) is 39.0 Å². The van der Waals surface area contributed by atoms with Crippen LogP contribution in [0.3, 0.4) is 0 Å². The maximum Gasteiger partial charge on any atom is 0.449 e. The van der Waals surface area contributed by atoms with E-state index >= 15 is 0 Å². The minimum absolute atomic E-state index is 0.0379. The van der Waals surface area contributed by atoms with Crippen molar-refractivity contribution in [2.75, 3.05) is 19.6 Å². The second-order valence-corrected chi connectivity index (χ2v) is 6.65. The van der Waals surface area contributed by atoms with Gasteiger partial charge in [-0.2, -0.15) is 13.2 Å². The Kier molecular flexibility index (Phi) is 4.49.